The van der Waals surface area contributed by atoms with Crippen LogP contribution >= 0.6 is 0 Å². The normalized spacial score (nSPS) is 16.1. The van der Waals surface area contributed by atoms with Crippen molar-refractivity contribution in [2.24, 2.45) is 0 Å². The predicted molar refractivity (Wildman–Crippen MR) is 123 cm³/mol. The fraction of sp³-hybridized carbons (Fsp3) is 0.333. The van der Waals surface area contributed by atoms with Gasteiger partial charge in [-0.05, 0) is 66.5 Å². The molecule has 4 rings (SSSR count). The molecule has 3 aromatic carbocycles. The molecular weight excluding hydrogens is 394 g/mol. The fourth-order valence-corrected chi connectivity index (χ4v) is 5.19. The first-order chi connectivity index (χ1) is 14.4. The van der Waals surface area contributed by atoms with Gasteiger partial charge in [0.15, 0.2) is 0 Å². The van der Waals surface area contributed by atoms with Crippen molar-refractivity contribution in [3.63, 3.8) is 0 Å². The molecular formula is C24H29N3O2S. The highest BCUT2D eigenvalue weighted by atomic mass is 32.2. The van der Waals surface area contributed by atoms with Crippen LogP contribution in [0.4, 0.5) is 5.69 Å². The molecule has 0 spiro atoms. The van der Waals surface area contributed by atoms with E-state index >= 15 is 0 Å². The lowest BCUT2D eigenvalue weighted by Gasteiger charge is -2.28. The summed E-state index contributed by atoms with van der Waals surface area (Å²) in [7, 11) is 0.446. The maximum Gasteiger partial charge on any atom is 0.240 e. The van der Waals surface area contributed by atoms with E-state index in [2.05, 4.69) is 38.8 Å². The molecule has 0 aliphatic carbocycles. The van der Waals surface area contributed by atoms with Gasteiger partial charge in [-0.2, -0.15) is 0 Å². The molecule has 1 fully saturated rings. The topological polar surface area (TPSA) is 52.7 Å². The summed E-state index contributed by atoms with van der Waals surface area (Å²) in [4.78, 5) is 4.76. The molecule has 1 atom stereocenters. The molecule has 0 radical (unpaired) electrons. The first kappa shape index (κ1) is 20.8. The smallest absolute Gasteiger partial charge is 0.240 e. The summed E-state index contributed by atoms with van der Waals surface area (Å²) in [5, 5.41) is 1.96. The first-order valence-electron chi connectivity index (χ1n) is 10.4. The lowest BCUT2D eigenvalue weighted by atomic mass is 10.1. The van der Waals surface area contributed by atoms with Crippen LogP contribution in [0, 0.1) is 0 Å². The van der Waals surface area contributed by atoms with Crippen LogP contribution in [0.2, 0.25) is 0 Å². The second-order valence-electron chi connectivity index (χ2n) is 8.11. The Hall–Kier alpha value is -2.41. The Morgan fingerprint density at radius 3 is 2.27 bits per heavy atom. The van der Waals surface area contributed by atoms with Crippen molar-refractivity contribution in [2.45, 2.75) is 23.8 Å². The summed E-state index contributed by atoms with van der Waals surface area (Å²) in [6, 6.07) is 21.5. The molecule has 0 saturated carbocycles. The fourth-order valence-electron chi connectivity index (χ4n) is 4.11. The lowest BCUT2D eigenvalue weighted by molar-refractivity contribution is 0.246. The van der Waals surface area contributed by atoms with Crippen LogP contribution in [-0.2, 0) is 10.0 Å². The van der Waals surface area contributed by atoms with Crippen molar-refractivity contribution in [1.82, 2.24) is 9.62 Å². The highest BCUT2D eigenvalue weighted by Crippen LogP contribution is 2.27. The van der Waals surface area contributed by atoms with Crippen LogP contribution < -0.4 is 9.62 Å². The molecule has 1 aliphatic rings. The van der Waals surface area contributed by atoms with Gasteiger partial charge in [0.25, 0.3) is 0 Å². The van der Waals surface area contributed by atoms with Crippen molar-refractivity contribution in [2.75, 3.05) is 38.6 Å². The van der Waals surface area contributed by atoms with E-state index in [0.29, 0.717) is 11.4 Å². The lowest BCUT2D eigenvalue weighted by Crippen LogP contribution is -2.36. The minimum Gasteiger partial charge on any atom is -0.378 e. The second kappa shape index (κ2) is 8.76. The number of anilines is 1. The van der Waals surface area contributed by atoms with Gasteiger partial charge in [0.05, 0.1) is 4.90 Å². The molecule has 30 heavy (non-hydrogen) atoms. The van der Waals surface area contributed by atoms with E-state index < -0.39 is 10.0 Å². The summed E-state index contributed by atoms with van der Waals surface area (Å²) >= 11 is 0. The Labute approximate surface area is 179 Å². The van der Waals surface area contributed by atoms with Gasteiger partial charge in [0.1, 0.15) is 0 Å². The molecule has 1 aliphatic heterocycles. The van der Waals surface area contributed by atoms with Crippen LogP contribution in [-0.4, -0.2) is 47.0 Å². The third-order valence-electron chi connectivity index (χ3n) is 5.87. The van der Waals surface area contributed by atoms with E-state index in [0.717, 1.165) is 48.0 Å². The summed E-state index contributed by atoms with van der Waals surface area (Å²) in [6.07, 6.45) is 2.31. The quantitative estimate of drug-likeness (QED) is 0.624. The van der Waals surface area contributed by atoms with Gasteiger partial charge in [-0.3, -0.25) is 4.90 Å². The van der Waals surface area contributed by atoms with E-state index in [-0.39, 0.29) is 6.04 Å². The minimum absolute atomic E-state index is 0.0268. The van der Waals surface area contributed by atoms with Crippen molar-refractivity contribution in [1.29, 1.82) is 0 Å². The number of benzene rings is 3. The minimum atomic E-state index is -3.59. The summed E-state index contributed by atoms with van der Waals surface area (Å²) in [6.45, 7) is 2.35. The third-order valence-corrected chi connectivity index (χ3v) is 7.29. The van der Waals surface area contributed by atoms with Gasteiger partial charge in [0.2, 0.25) is 10.0 Å². The summed E-state index contributed by atoms with van der Waals surface area (Å²) in [5.74, 6) is 0. The average molecular weight is 424 g/mol. The number of hydrogen-bond acceptors (Lipinski definition) is 4. The van der Waals surface area contributed by atoms with E-state index in [1.165, 1.54) is 0 Å². The van der Waals surface area contributed by atoms with E-state index in [1.54, 1.807) is 12.1 Å². The van der Waals surface area contributed by atoms with Gasteiger partial charge < -0.3 is 4.90 Å². The van der Waals surface area contributed by atoms with Crippen molar-refractivity contribution < 1.29 is 8.42 Å². The zero-order valence-electron chi connectivity index (χ0n) is 17.6. The average Bonchev–Trinajstić information content (AvgIpc) is 3.28. The maximum absolute atomic E-state index is 13.0. The second-order valence-corrected chi connectivity index (χ2v) is 9.87. The number of rotatable bonds is 7. The molecule has 0 unspecified atom stereocenters. The van der Waals surface area contributed by atoms with Crippen molar-refractivity contribution in [3.05, 3.63) is 72.3 Å². The SMILES string of the molecule is CN(C)c1ccc([C@H](CNS(=O)(=O)c2ccc3ccccc3c2)N2CCCC2)cc1. The largest absolute Gasteiger partial charge is 0.378 e. The highest BCUT2D eigenvalue weighted by molar-refractivity contribution is 7.89. The first-order valence-corrected chi connectivity index (χ1v) is 11.9. The number of hydrogen-bond donors (Lipinski definition) is 1. The monoisotopic (exact) mass is 423 g/mol. The zero-order valence-corrected chi connectivity index (χ0v) is 18.4. The highest BCUT2D eigenvalue weighted by Gasteiger charge is 2.26. The molecule has 3 aromatic rings. The molecule has 0 aromatic heterocycles. The van der Waals surface area contributed by atoms with Crippen LogP contribution in [0.15, 0.2) is 71.6 Å². The molecule has 5 nitrogen and oxygen atoms in total. The summed E-state index contributed by atoms with van der Waals surface area (Å²) < 4.78 is 28.9. The van der Waals surface area contributed by atoms with E-state index in [4.69, 9.17) is 0 Å². The van der Waals surface area contributed by atoms with E-state index in [9.17, 15) is 8.42 Å². The number of nitrogens with one attached hydrogen (secondary N) is 1. The molecule has 6 heteroatoms. The Morgan fingerprint density at radius 1 is 0.933 bits per heavy atom. The Morgan fingerprint density at radius 2 is 1.60 bits per heavy atom. The molecule has 0 bridgehead atoms. The van der Waals surface area contributed by atoms with E-state index in [1.807, 2.05) is 44.4 Å². The third kappa shape index (κ3) is 4.51. The van der Waals surface area contributed by atoms with Crippen LogP contribution in [0.5, 0.6) is 0 Å². The molecule has 158 valence electrons. The van der Waals surface area contributed by atoms with Crippen molar-refractivity contribution >= 4 is 26.5 Å². The standard InChI is InChI=1S/C24H29N3O2S/c1-26(2)22-12-9-20(10-13-22)24(27-15-5-6-16-27)18-25-30(28,29)23-14-11-19-7-3-4-8-21(19)17-23/h3-4,7-14,17,24-25H,5-6,15-16,18H2,1-2H3/t24-/m0/s1. The number of nitrogens with zero attached hydrogens (tertiary/aromatic N) is 2. The zero-order chi connectivity index (χ0) is 21.1. The van der Waals surface area contributed by atoms with Crippen LogP contribution in [0.1, 0.15) is 24.4 Å². The van der Waals surface area contributed by atoms with Gasteiger partial charge >= 0.3 is 0 Å². The van der Waals surface area contributed by atoms with Crippen LogP contribution in [0.3, 0.4) is 0 Å². The Balaban J connectivity index is 1.56. The summed E-state index contributed by atoms with van der Waals surface area (Å²) in [5.41, 5.74) is 2.28. The van der Waals surface area contributed by atoms with Gasteiger partial charge in [-0.25, -0.2) is 13.1 Å². The Bertz CT molecular complexity index is 1100. The predicted octanol–water partition coefficient (Wildman–Crippen LogP) is 4.02. The number of sulfonamides is 1. The molecule has 1 heterocycles. The van der Waals surface area contributed by atoms with Crippen molar-refractivity contribution in [3.8, 4) is 0 Å². The van der Waals surface area contributed by atoms with Gasteiger partial charge in [-0.15, -0.1) is 0 Å². The van der Waals surface area contributed by atoms with Gasteiger partial charge in [0, 0.05) is 32.4 Å². The maximum atomic E-state index is 13.0. The molecule has 0 amide bonds. The molecule has 1 saturated heterocycles. The molecule has 1 N–H and O–H groups in total. The van der Waals surface area contributed by atoms with Gasteiger partial charge in [-0.1, -0.05) is 42.5 Å². The van der Waals surface area contributed by atoms with Crippen LogP contribution in [0.25, 0.3) is 10.8 Å². The number of likely N-dealkylation sites (tertiary alicyclic amines) is 1. The Kier molecular flexibility index (Phi) is 6.09. The number of fused-ring (bicyclic) bond motifs is 1.